The number of hydrogen-bond acceptors (Lipinski definition) is 1. The van der Waals surface area contributed by atoms with E-state index in [1.54, 1.807) is 0 Å². The standard InChI is InChI=1S/C20H14BrN/c21-20-10-16(9-15-7-6-13(12-22)8-19(15)20)18-11-17(18)14-4-2-1-3-5-14/h1-10,17-18H,11H2. The highest BCUT2D eigenvalue weighted by atomic mass is 79.9. The van der Waals surface area contributed by atoms with Crippen molar-refractivity contribution in [3.63, 3.8) is 0 Å². The van der Waals surface area contributed by atoms with Gasteiger partial charge in [0.25, 0.3) is 0 Å². The lowest BCUT2D eigenvalue weighted by Crippen LogP contribution is -1.87. The van der Waals surface area contributed by atoms with Crippen molar-refractivity contribution in [3.05, 3.63) is 81.8 Å². The molecule has 0 amide bonds. The molecule has 0 bridgehead atoms. The van der Waals surface area contributed by atoms with E-state index in [1.165, 1.54) is 22.9 Å². The lowest BCUT2D eigenvalue weighted by atomic mass is 10.00. The highest BCUT2D eigenvalue weighted by Crippen LogP contribution is 2.55. The molecule has 1 aliphatic rings. The summed E-state index contributed by atoms with van der Waals surface area (Å²) in [5.41, 5.74) is 3.52. The van der Waals surface area contributed by atoms with Crippen LogP contribution in [0.4, 0.5) is 0 Å². The van der Waals surface area contributed by atoms with E-state index in [0.717, 1.165) is 9.86 Å². The lowest BCUT2D eigenvalue weighted by molar-refractivity contribution is 1.03. The molecule has 1 fully saturated rings. The first-order chi connectivity index (χ1) is 10.8. The third-order valence-electron chi connectivity index (χ3n) is 4.50. The zero-order chi connectivity index (χ0) is 15.1. The summed E-state index contributed by atoms with van der Waals surface area (Å²) < 4.78 is 1.08. The molecule has 3 aromatic carbocycles. The number of halogens is 1. The Balaban J connectivity index is 1.71. The quantitative estimate of drug-likeness (QED) is 0.579. The van der Waals surface area contributed by atoms with Gasteiger partial charge in [-0.25, -0.2) is 0 Å². The molecule has 1 nitrogen and oxygen atoms in total. The molecular weight excluding hydrogens is 334 g/mol. The largest absolute Gasteiger partial charge is 0.192 e. The summed E-state index contributed by atoms with van der Waals surface area (Å²) >= 11 is 3.67. The van der Waals surface area contributed by atoms with E-state index in [-0.39, 0.29) is 0 Å². The van der Waals surface area contributed by atoms with Gasteiger partial charge in [-0.2, -0.15) is 5.26 Å². The zero-order valence-electron chi connectivity index (χ0n) is 12.0. The van der Waals surface area contributed by atoms with Crippen LogP contribution in [0.5, 0.6) is 0 Å². The summed E-state index contributed by atoms with van der Waals surface area (Å²) in [6, 6.07) is 23.3. The fourth-order valence-electron chi connectivity index (χ4n) is 3.25. The van der Waals surface area contributed by atoms with Crippen molar-refractivity contribution < 1.29 is 0 Å². The van der Waals surface area contributed by atoms with Crippen molar-refractivity contribution in [2.24, 2.45) is 0 Å². The van der Waals surface area contributed by atoms with E-state index in [0.29, 0.717) is 17.4 Å². The smallest absolute Gasteiger partial charge is 0.0991 e. The van der Waals surface area contributed by atoms with Gasteiger partial charge in [0.15, 0.2) is 0 Å². The summed E-state index contributed by atoms with van der Waals surface area (Å²) in [6.07, 6.45) is 1.22. The van der Waals surface area contributed by atoms with Gasteiger partial charge in [0.05, 0.1) is 11.6 Å². The molecule has 2 atom stereocenters. The van der Waals surface area contributed by atoms with Crippen molar-refractivity contribution in [2.45, 2.75) is 18.3 Å². The summed E-state index contributed by atoms with van der Waals surface area (Å²) in [7, 11) is 0. The molecule has 4 rings (SSSR count). The van der Waals surface area contributed by atoms with Gasteiger partial charge in [-0.3, -0.25) is 0 Å². The fraction of sp³-hybridized carbons (Fsp3) is 0.150. The van der Waals surface area contributed by atoms with E-state index in [1.807, 2.05) is 18.2 Å². The molecule has 3 aromatic rings. The van der Waals surface area contributed by atoms with Crippen molar-refractivity contribution in [2.75, 3.05) is 0 Å². The minimum atomic E-state index is 0.610. The van der Waals surface area contributed by atoms with Gasteiger partial charge in [-0.15, -0.1) is 0 Å². The number of fused-ring (bicyclic) bond motifs is 1. The number of nitrogens with zero attached hydrogens (tertiary/aromatic N) is 1. The minimum absolute atomic E-state index is 0.610. The van der Waals surface area contributed by atoms with Gasteiger partial charge in [0, 0.05) is 4.47 Å². The molecule has 0 radical (unpaired) electrons. The molecule has 0 N–H and O–H groups in total. The van der Waals surface area contributed by atoms with E-state index in [2.05, 4.69) is 64.5 Å². The molecule has 106 valence electrons. The first-order valence-corrected chi connectivity index (χ1v) is 8.24. The monoisotopic (exact) mass is 347 g/mol. The predicted molar refractivity (Wildman–Crippen MR) is 92.9 cm³/mol. The lowest BCUT2D eigenvalue weighted by Gasteiger charge is -2.07. The Kier molecular flexibility index (Phi) is 3.24. The van der Waals surface area contributed by atoms with Crippen LogP contribution in [0, 0.1) is 11.3 Å². The second-order valence-corrected chi connectivity index (χ2v) is 6.76. The maximum atomic E-state index is 9.04. The Morgan fingerprint density at radius 2 is 1.68 bits per heavy atom. The van der Waals surface area contributed by atoms with Crippen LogP contribution >= 0.6 is 15.9 Å². The summed E-state index contributed by atoms with van der Waals surface area (Å²) in [5, 5.41) is 11.3. The van der Waals surface area contributed by atoms with Crippen LogP contribution in [0.25, 0.3) is 10.8 Å². The molecule has 0 saturated heterocycles. The molecule has 0 aliphatic heterocycles. The number of benzene rings is 3. The molecule has 2 heteroatoms. The Hall–Kier alpha value is -2.11. The average Bonchev–Trinajstić information content (AvgIpc) is 3.36. The molecule has 2 unspecified atom stereocenters. The second-order valence-electron chi connectivity index (χ2n) is 5.91. The molecule has 1 saturated carbocycles. The van der Waals surface area contributed by atoms with Crippen LogP contribution in [0.3, 0.4) is 0 Å². The molecule has 1 aliphatic carbocycles. The normalized spacial score (nSPS) is 19.8. The highest BCUT2D eigenvalue weighted by Gasteiger charge is 2.39. The van der Waals surface area contributed by atoms with E-state index >= 15 is 0 Å². The van der Waals surface area contributed by atoms with Crippen LogP contribution in [0.15, 0.2) is 65.1 Å². The van der Waals surface area contributed by atoms with Gasteiger partial charge in [-0.05, 0) is 58.4 Å². The summed E-state index contributed by atoms with van der Waals surface area (Å²) in [6.45, 7) is 0. The third kappa shape index (κ3) is 2.32. The van der Waals surface area contributed by atoms with E-state index in [9.17, 15) is 0 Å². The Labute approximate surface area is 138 Å². The van der Waals surface area contributed by atoms with Crippen LogP contribution in [-0.4, -0.2) is 0 Å². The Morgan fingerprint density at radius 1 is 0.909 bits per heavy atom. The van der Waals surface area contributed by atoms with Crippen LogP contribution < -0.4 is 0 Å². The van der Waals surface area contributed by atoms with Gasteiger partial charge >= 0.3 is 0 Å². The molecule has 0 spiro atoms. The fourth-order valence-corrected chi connectivity index (χ4v) is 3.86. The zero-order valence-corrected chi connectivity index (χ0v) is 13.5. The van der Waals surface area contributed by atoms with Crippen LogP contribution in [0.1, 0.15) is 34.9 Å². The minimum Gasteiger partial charge on any atom is -0.192 e. The maximum absolute atomic E-state index is 9.04. The first-order valence-electron chi connectivity index (χ1n) is 7.44. The van der Waals surface area contributed by atoms with Crippen molar-refractivity contribution in [3.8, 4) is 6.07 Å². The van der Waals surface area contributed by atoms with E-state index in [4.69, 9.17) is 5.26 Å². The van der Waals surface area contributed by atoms with Gasteiger partial charge in [0.1, 0.15) is 0 Å². The average molecular weight is 348 g/mol. The number of nitriles is 1. The molecule has 0 aromatic heterocycles. The van der Waals surface area contributed by atoms with Gasteiger partial charge < -0.3 is 0 Å². The molecule has 22 heavy (non-hydrogen) atoms. The third-order valence-corrected chi connectivity index (χ3v) is 5.16. The topological polar surface area (TPSA) is 23.8 Å². The molecular formula is C20H14BrN. The highest BCUT2D eigenvalue weighted by molar-refractivity contribution is 9.10. The van der Waals surface area contributed by atoms with E-state index < -0.39 is 0 Å². The Bertz CT molecular complexity index is 893. The molecule has 0 heterocycles. The number of rotatable bonds is 2. The van der Waals surface area contributed by atoms with Crippen molar-refractivity contribution in [1.29, 1.82) is 5.26 Å². The first kappa shape index (κ1) is 13.5. The van der Waals surface area contributed by atoms with Gasteiger partial charge in [0.2, 0.25) is 0 Å². The predicted octanol–water partition coefficient (Wildman–Crippen LogP) is 5.75. The van der Waals surface area contributed by atoms with Crippen molar-refractivity contribution >= 4 is 26.7 Å². The van der Waals surface area contributed by atoms with Crippen LogP contribution in [0.2, 0.25) is 0 Å². The Morgan fingerprint density at radius 3 is 2.45 bits per heavy atom. The summed E-state index contributed by atoms with van der Waals surface area (Å²) in [5.74, 6) is 1.25. The van der Waals surface area contributed by atoms with Gasteiger partial charge in [-0.1, -0.05) is 58.4 Å². The van der Waals surface area contributed by atoms with Crippen molar-refractivity contribution in [1.82, 2.24) is 0 Å². The second kappa shape index (κ2) is 5.26. The SMILES string of the molecule is N#Cc1ccc2cc(C3CC3c3ccccc3)cc(Br)c2c1. The maximum Gasteiger partial charge on any atom is 0.0991 e. The van der Waals surface area contributed by atoms with Crippen LogP contribution in [-0.2, 0) is 0 Å². The number of hydrogen-bond donors (Lipinski definition) is 0. The summed E-state index contributed by atoms with van der Waals surface area (Å²) in [4.78, 5) is 0.